The Labute approximate surface area is 107 Å². The molecular weight excluding hydrogens is 256 g/mol. The molecule has 0 aliphatic carbocycles. The number of nitrogens with zero attached hydrogens (tertiary/aromatic N) is 4. The molecule has 1 heterocycles. The lowest BCUT2D eigenvalue weighted by atomic mass is 10.3. The highest BCUT2D eigenvalue weighted by Crippen LogP contribution is 2.19. The number of carbonyl (C=O) groups excluding carboxylic acids is 1. The number of benzene rings is 1. The molecular formula is C10H10N4O3S. The van der Waals surface area contributed by atoms with E-state index in [0.29, 0.717) is 10.8 Å². The van der Waals surface area contributed by atoms with E-state index in [2.05, 4.69) is 20.3 Å². The zero-order chi connectivity index (χ0) is 13.0. The van der Waals surface area contributed by atoms with Gasteiger partial charge in [-0.05, 0) is 34.7 Å². The molecule has 2 aromatic rings. The zero-order valence-corrected chi connectivity index (χ0v) is 10.3. The van der Waals surface area contributed by atoms with Gasteiger partial charge < -0.3 is 9.84 Å². The Morgan fingerprint density at radius 2 is 2.17 bits per heavy atom. The third-order valence-electron chi connectivity index (χ3n) is 2.08. The Hall–Kier alpha value is -2.09. The van der Waals surface area contributed by atoms with E-state index in [1.54, 1.807) is 12.1 Å². The number of phenols is 1. The highest BCUT2D eigenvalue weighted by atomic mass is 32.2. The summed E-state index contributed by atoms with van der Waals surface area (Å²) in [6, 6.07) is 6.42. The first-order valence-corrected chi connectivity index (χ1v) is 5.96. The number of rotatable bonds is 4. The van der Waals surface area contributed by atoms with Gasteiger partial charge >= 0.3 is 5.97 Å². The van der Waals surface area contributed by atoms with Crippen LogP contribution in [0.3, 0.4) is 0 Å². The number of aromatic nitrogens is 4. The van der Waals surface area contributed by atoms with E-state index in [9.17, 15) is 9.90 Å². The van der Waals surface area contributed by atoms with Crippen molar-refractivity contribution in [2.45, 2.75) is 5.16 Å². The number of ether oxygens (including phenoxy) is 1. The summed E-state index contributed by atoms with van der Waals surface area (Å²) < 4.78 is 6.02. The molecule has 8 heteroatoms. The Morgan fingerprint density at radius 1 is 1.44 bits per heavy atom. The zero-order valence-electron chi connectivity index (χ0n) is 9.48. The topological polar surface area (TPSA) is 90.1 Å². The molecule has 0 unspecified atom stereocenters. The van der Waals surface area contributed by atoms with Crippen molar-refractivity contribution in [3.8, 4) is 11.4 Å². The monoisotopic (exact) mass is 266 g/mol. The average molecular weight is 266 g/mol. The van der Waals surface area contributed by atoms with Crippen molar-refractivity contribution in [3.05, 3.63) is 24.3 Å². The summed E-state index contributed by atoms with van der Waals surface area (Å²) in [7, 11) is 1.33. The molecule has 0 fully saturated rings. The average Bonchev–Trinajstić information content (AvgIpc) is 2.85. The smallest absolute Gasteiger partial charge is 0.316 e. The van der Waals surface area contributed by atoms with Gasteiger partial charge in [0.05, 0.1) is 18.6 Å². The minimum absolute atomic E-state index is 0.134. The van der Waals surface area contributed by atoms with Crippen molar-refractivity contribution in [1.29, 1.82) is 0 Å². The molecule has 0 amide bonds. The van der Waals surface area contributed by atoms with Gasteiger partial charge in [-0.2, -0.15) is 4.68 Å². The summed E-state index contributed by atoms with van der Waals surface area (Å²) >= 11 is 1.18. The van der Waals surface area contributed by atoms with Crippen molar-refractivity contribution < 1.29 is 14.6 Å². The molecule has 94 valence electrons. The Balaban J connectivity index is 2.17. The molecule has 0 aliphatic heterocycles. The van der Waals surface area contributed by atoms with Crippen molar-refractivity contribution in [2.75, 3.05) is 12.9 Å². The van der Waals surface area contributed by atoms with Gasteiger partial charge in [0.15, 0.2) is 0 Å². The molecule has 1 N–H and O–H groups in total. The van der Waals surface area contributed by atoms with Crippen LogP contribution in [0.25, 0.3) is 5.69 Å². The number of esters is 1. The molecule has 18 heavy (non-hydrogen) atoms. The lowest BCUT2D eigenvalue weighted by Crippen LogP contribution is -2.05. The van der Waals surface area contributed by atoms with Crippen molar-refractivity contribution >= 4 is 17.7 Å². The van der Waals surface area contributed by atoms with E-state index < -0.39 is 0 Å². The fraction of sp³-hybridized carbons (Fsp3) is 0.200. The Morgan fingerprint density at radius 3 is 2.83 bits per heavy atom. The number of hydrogen-bond acceptors (Lipinski definition) is 7. The third-order valence-corrected chi connectivity index (χ3v) is 2.97. The van der Waals surface area contributed by atoms with Gasteiger partial charge in [-0.15, -0.1) is 5.10 Å². The highest BCUT2D eigenvalue weighted by molar-refractivity contribution is 7.99. The van der Waals surface area contributed by atoms with Crippen LogP contribution in [0.1, 0.15) is 0 Å². The lowest BCUT2D eigenvalue weighted by Gasteiger charge is -2.03. The number of aromatic hydroxyl groups is 1. The second kappa shape index (κ2) is 5.50. The highest BCUT2D eigenvalue weighted by Gasteiger charge is 2.11. The van der Waals surface area contributed by atoms with Crippen molar-refractivity contribution in [3.63, 3.8) is 0 Å². The molecule has 0 atom stereocenters. The molecule has 7 nitrogen and oxygen atoms in total. The maximum Gasteiger partial charge on any atom is 0.316 e. The molecule has 0 aliphatic rings. The van der Waals surface area contributed by atoms with Crippen LogP contribution in [0.2, 0.25) is 0 Å². The summed E-state index contributed by atoms with van der Waals surface area (Å²) in [5, 5.41) is 20.9. The molecule has 0 saturated carbocycles. The van der Waals surface area contributed by atoms with E-state index >= 15 is 0 Å². The van der Waals surface area contributed by atoms with Crippen LogP contribution < -0.4 is 0 Å². The second-order valence-electron chi connectivity index (χ2n) is 3.25. The minimum Gasteiger partial charge on any atom is -0.508 e. The number of hydrogen-bond donors (Lipinski definition) is 1. The quantitative estimate of drug-likeness (QED) is 0.641. The van der Waals surface area contributed by atoms with Crippen LogP contribution in [-0.2, 0) is 9.53 Å². The van der Waals surface area contributed by atoms with Gasteiger partial charge in [0.2, 0.25) is 5.16 Å². The van der Waals surface area contributed by atoms with Crippen LogP contribution in [0.15, 0.2) is 29.4 Å². The van der Waals surface area contributed by atoms with E-state index in [1.165, 1.54) is 35.7 Å². The maximum atomic E-state index is 11.0. The Kier molecular flexibility index (Phi) is 3.78. The predicted octanol–water partition coefficient (Wildman–Crippen LogP) is 0.633. The molecule has 0 bridgehead atoms. The van der Waals surface area contributed by atoms with Crippen LogP contribution in [0.5, 0.6) is 5.75 Å². The molecule has 1 aromatic heterocycles. The largest absolute Gasteiger partial charge is 0.508 e. The van der Waals surface area contributed by atoms with Crippen LogP contribution in [0, 0.1) is 0 Å². The predicted molar refractivity (Wildman–Crippen MR) is 63.6 cm³/mol. The first-order chi connectivity index (χ1) is 8.70. The van der Waals surface area contributed by atoms with Gasteiger partial charge in [0.25, 0.3) is 0 Å². The molecule has 2 rings (SSSR count). The summed E-state index contributed by atoms with van der Waals surface area (Å²) in [6.07, 6.45) is 0. The number of thioether (sulfide) groups is 1. The maximum absolute atomic E-state index is 11.0. The molecule has 0 spiro atoms. The third kappa shape index (κ3) is 2.77. The number of phenolic OH excluding ortho intramolecular Hbond substituents is 1. The lowest BCUT2D eigenvalue weighted by molar-refractivity contribution is -0.137. The standard InChI is InChI=1S/C10H10N4O3S/c1-17-9(16)6-18-10-11-12-13-14(10)7-2-4-8(15)5-3-7/h2-5,15H,6H2,1H3. The van der Waals surface area contributed by atoms with E-state index in [-0.39, 0.29) is 17.5 Å². The fourth-order valence-corrected chi connectivity index (χ4v) is 1.93. The van der Waals surface area contributed by atoms with Gasteiger partial charge in [-0.25, -0.2) is 0 Å². The Bertz CT molecular complexity index is 540. The fourth-order valence-electron chi connectivity index (χ4n) is 1.21. The van der Waals surface area contributed by atoms with E-state index in [4.69, 9.17) is 0 Å². The van der Waals surface area contributed by atoms with E-state index in [0.717, 1.165) is 0 Å². The molecule has 1 aromatic carbocycles. The minimum atomic E-state index is -0.347. The number of methoxy groups -OCH3 is 1. The summed E-state index contributed by atoms with van der Waals surface area (Å²) in [5.74, 6) is -0.0505. The second-order valence-corrected chi connectivity index (χ2v) is 4.20. The first-order valence-electron chi connectivity index (χ1n) is 4.98. The van der Waals surface area contributed by atoms with Crippen molar-refractivity contribution in [2.24, 2.45) is 0 Å². The normalized spacial score (nSPS) is 10.3. The summed E-state index contributed by atoms with van der Waals surface area (Å²) in [4.78, 5) is 11.0. The van der Waals surface area contributed by atoms with Crippen LogP contribution in [0.4, 0.5) is 0 Å². The van der Waals surface area contributed by atoms with Gasteiger partial charge in [-0.3, -0.25) is 4.79 Å². The van der Waals surface area contributed by atoms with Crippen LogP contribution in [-0.4, -0.2) is 44.1 Å². The van der Waals surface area contributed by atoms with Gasteiger partial charge in [0, 0.05) is 0 Å². The number of tetrazole rings is 1. The van der Waals surface area contributed by atoms with Gasteiger partial charge in [0.1, 0.15) is 5.75 Å². The summed E-state index contributed by atoms with van der Waals surface area (Å²) in [6.45, 7) is 0. The van der Waals surface area contributed by atoms with E-state index in [1.807, 2.05) is 0 Å². The van der Waals surface area contributed by atoms with Crippen molar-refractivity contribution in [1.82, 2.24) is 20.2 Å². The SMILES string of the molecule is COC(=O)CSc1nnnn1-c1ccc(O)cc1. The van der Waals surface area contributed by atoms with Crippen LogP contribution >= 0.6 is 11.8 Å². The molecule has 0 radical (unpaired) electrons. The first kappa shape index (κ1) is 12.4. The summed E-state index contributed by atoms with van der Waals surface area (Å²) in [5.41, 5.74) is 0.699. The van der Waals surface area contributed by atoms with Gasteiger partial charge in [-0.1, -0.05) is 11.8 Å². The number of carbonyl (C=O) groups is 1. The molecule has 0 saturated heterocycles.